The monoisotopic (exact) mass is 297 g/mol. The lowest BCUT2D eigenvalue weighted by atomic mass is 10.1. The fourth-order valence-electron chi connectivity index (χ4n) is 1.54. The Balaban J connectivity index is 2.68. The number of aromatic nitrogens is 2. The maximum atomic E-state index is 12.1. The van der Waals surface area contributed by atoms with Crippen LogP contribution >= 0.6 is 11.8 Å². The van der Waals surface area contributed by atoms with Gasteiger partial charge in [-0.25, -0.2) is 9.97 Å². The SMILES string of the molecule is CCCNC(C)(CSc1ncc(C)cn1)C(=O)OCC. The molecule has 1 heterocycles. The van der Waals surface area contributed by atoms with Crippen LogP contribution in [0.1, 0.15) is 32.8 Å². The minimum Gasteiger partial charge on any atom is -0.465 e. The van der Waals surface area contributed by atoms with Gasteiger partial charge in [-0.1, -0.05) is 18.7 Å². The smallest absolute Gasteiger partial charge is 0.326 e. The molecule has 0 aliphatic heterocycles. The van der Waals surface area contributed by atoms with Crippen molar-refractivity contribution in [2.75, 3.05) is 18.9 Å². The van der Waals surface area contributed by atoms with Crippen LogP contribution in [0.3, 0.4) is 0 Å². The molecule has 1 unspecified atom stereocenters. The second-order valence-corrected chi connectivity index (χ2v) is 5.75. The van der Waals surface area contributed by atoms with E-state index in [2.05, 4.69) is 22.2 Å². The van der Waals surface area contributed by atoms with Crippen LogP contribution in [0, 0.1) is 6.92 Å². The Morgan fingerprint density at radius 3 is 2.60 bits per heavy atom. The first-order chi connectivity index (χ1) is 9.51. The zero-order valence-corrected chi connectivity index (χ0v) is 13.4. The lowest BCUT2D eigenvalue weighted by molar-refractivity contribution is -0.149. The number of hydrogen-bond donors (Lipinski definition) is 1. The Kier molecular flexibility index (Phi) is 6.95. The fraction of sp³-hybridized carbons (Fsp3) is 0.643. The number of esters is 1. The van der Waals surface area contributed by atoms with Crippen molar-refractivity contribution >= 4 is 17.7 Å². The molecule has 0 aliphatic rings. The Bertz CT molecular complexity index is 425. The first kappa shape index (κ1) is 16.9. The van der Waals surface area contributed by atoms with E-state index in [0.29, 0.717) is 17.5 Å². The van der Waals surface area contributed by atoms with Crippen LogP contribution in [0.15, 0.2) is 17.6 Å². The number of carbonyl (C=O) groups is 1. The molecule has 1 aromatic rings. The molecule has 112 valence electrons. The van der Waals surface area contributed by atoms with Crippen molar-refractivity contribution in [2.24, 2.45) is 0 Å². The minimum absolute atomic E-state index is 0.229. The highest BCUT2D eigenvalue weighted by Gasteiger charge is 2.34. The van der Waals surface area contributed by atoms with Gasteiger partial charge >= 0.3 is 5.97 Å². The van der Waals surface area contributed by atoms with Crippen molar-refractivity contribution < 1.29 is 9.53 Å². The largest absolute Gasteiger partial charge is 0.465 e. The number of rotatable bonds is 8. The van der Waals surface area contributed by atoms with Crippen LogP contribution in [0.2, 0.25) is 0 Å². The van der Waals surface area contributed by atoms with E-state index >= 15 is 0 Å². The van der Waals surface area contributed by atoms with E-state index in [9.17, 15) is 4.79 Å². The van der Waals surface area contributed by atoms with Gasteiger partial charge in [0.15, 0.2) is 5.16 Å². The van der Waals surface area contributed by atoms with Crippen LogP contribution in [0.5, 0.6) is 0 Å². The predicted octanol–water partition coefficient (Wildman–Crippen LogP) is 2.20. The van der Waals surface area contributed by atoms with Gasteiger partial charge in [-0.05, 0) is 39.3 Å². The highest BCUT2D eigenvalue weighted by Crippen LogP contribution is 2.20. The lowest BCUT2D eigenvalue weighted by Gasteiger charge is -2.27. The lowest BCUT2D eigenvalue weighted by Crippen LogP contribution is -2.52. The summed E-state index contributed by atoms with van der Waals surface area (Å²) in [7, 11) is 0. The number of aryl methyl sites for hydroxylation is 1. The normalized spacial score (nSPS) is 13.8. The summed E-state index contributed by atoms with van der Waals surface area (Å²) in [6, 6.07) is 0. The van der Waals surface area contributed by atoms with E-state index in [1.54, 1.807) is 12.4 Å². The first-order valence-corrected chi connectivity index (χ1v) is 7.84. The van der Waals surface area contributed by atoms with Crippen molar-refractivity contribution in [3.8, 4) is 0 Å². The number of carbonyl (C=O) groups excluding carboxylic acids is 1. The third kappa shape index (κ3) is 5.09. The molecular formula is C14H23N3O2S. The highest BCUT2D eigenvalue weighted by molar-refractivity contribution is 7.99. The van der Waals surface area contributed by atoms with E-state index in [1.165, 1.54) is 11.8 Å². The van der Waals surface area contributed by atoms with Crippen LogP contribution in [-0.2, 0) is 9.53 Å². The topological polar surface area (TPSA) is 64.1 Å². The van der Waals surface area contributed by atoms with Gasteiger partial charge in [-0.3, -0.25) is 4.79 Å². The van der Waals surface area contributed by atoms with Gasteiger partial charge in [0.2, 0.25) is 0 Å². The Hall–Kier alpha value is -1.14. The van der Waals surface area contributed by atoms with Gasteiger partial charge in [-0.2, -0.15) is 0 Å². The second kappa shape index (κ2) is 8.21. The quantitative estimate of drug-likeness (QED) is 0.451. The predicted molar refractivity (Wildman–Crippen MR) is 80.8 cm³/mol. The molecule has 0 aliphatic carbocycles. The Morgan fingerprint density at radius 1 is 1.40 bits per heavy atom. The van der Waals surface area contributed by atoms with E-state index in [4.69, 9.17) is 4.74 Å². The summed E-state index contributed by atoms with van der Waals surface area (Å²) in [4.78, 5) is 20.6. The molecule has 0 saturated heterocycles. The van der Waals surface area contributed by atoms with Crippen LogP contribution in [0.25, 0.3) is 0 Å². The molecule has 0 spiro atoms. The van der Waals surface area contributed by atoms with Gasteiger partial charge in [-0.15, -0.1) is 0 Å². The first-order valence-electron chi connectivity index (χ1n) is 6.85. The molecule has 20 heavy (non-hydrogen) atoms. The molecule has 6 heteroatoms. The second-order valence-electron chi connectivity index (χ2n) is 4.81. The molecule has 0 saturated carbocycles. The maximum Gasteiger partial charge on any atom is 0.326 e. The van der Waals surface area contributed by atoms with Crippen molar-refractivity contribution in [1.29, 1.82) is 0 Å². The summed E-state index contributed by atoms with van der Waals surface area (Å²) in [6.07, 6.45) is 4.51. The average Bonchev–Trinajstić information content (AvgIpc) is 2.45. The highest BCUT2D eigenvalue weighted by atomic mass is 32.2. The molecular weight excluding hydrogens is 274 g/mol. The zero-order chi connectivity index (χ0) is 15.0. The summed E-state index contributed by atoms with van der Waals surface area (Å²) in [5.74, 6) is 0.308. The number of hydrogen-bond acceptors (Lipinski definition) is 6. The number of nitrogens with one attached hydrogen (secondary N) is 1. The van der Waals surface area contributed by atoms with Crippen LogP contribution in [-0.4, -0.2) is 40.4 Å². The summed E-state index contributed by atoms with van der Waals surface area (Å²) in [6.45, 7) is 8.84. The molecule has 1 rings (SSSR count). The number of thioether (sulfide) groups is 1. The summed E-state index contributed by atoms with van der Waals surface area (Å²) in [5, 5.41) is 3.93. The number of ether oxygens (including phenoxy) is 1. The van der Waals surface area contributed by atoms with Crippen LogP contribution < -0.4 is 5.32 Å². The molecule has 0 radical (unpaired) electrons. The fourth-order valence-corrected chi connectivity index (χ4v) is 2.43. The molecule has 1 N–H and O–H groups in total. The zero-order valence-electron chi connectivity index (χ0n) is 12.6. The molecule has 0 aromatic carbocycles. The van der Waals surface area contributed by atoms with E-state index in [1.807, 2.05) is 20.8 Å². The van der Waals surface area contributed by atoms with Gasteiger partial charge < -0.3 is 10.1 Å². The third-order valence-corrected chi connectivity index (χ3v) is 3.93. The molecule has 0 bridgehead atoms. The van der Waals surface area contributed by atoms with Crippen molar-refractivity contribution in [3.63, 3.8) is 0 Å². The van der Waals surface area contributed by atoms with Gasteiger partial charge in [0, 0.05) is 18.1 Å². The Morgan fingerprint density at radius 2 is 2.05 bits per heavy atom. The average molecular weight is 297 g/mol. The molecule has 5 nitrogen and oxygen atoms in total. The Labute approximate surface area is 124 Å². The van der Waals surface area contributed by atoms with Gasteiger partial charge in [0.05, 0.1) is 6.61 Å². The maximum absolute atomic E-state index is 12.1. The van der Waals surface area contributed by atoms with E-state index < -0.39 is 5.54 Å². The summed E-state index contributed by atoms with van der Waals surface area (Å²) in [5.41, 5.74) is 0.303. The van der Waals surface area contributed by atoms with Gasteiger partial charge in [0.1, 0.15) is 5.54 Å². The molecule has 0 amide bonds. The van der Waals surface area contributed by atoms with Crippen LogP contribution in [0.4, 0.5) is 0 Å². The van der Waals surface area contributed by atoms with Crippen molar-refractivity contribution in [2.45, 2.75) is 44.8 Å². The molecule has 1 atom stereocenters. The van der Waals surface area contributed by atoms with E-state index in [0.717, 1.165) is 18.5 Å². The van der Waals surface area contributed by atoms with Crippen molar-refractivity contribution in [3.05, 3.63) is 18.0 Å². The third-order valence-electron chi connectivity index (χ3n) is 2.74. The van der Waals surface area contributed by atoms with E-state index in [-0.39, 0.29) is 5.97 Å². The standard InChI is InChI=1S/C14H23N3O2S/c1-5-7-17-14(4,12(18)19-6-2)10-20-13-15-8-11(3)9-16-13/h8-9,17H,5-7,10H2,1-4H3. The molecule has 1 aromatic heterocycles. The summed E-state index contributed by atoms with van der Waals surface area (Å²) >= 11 is 1.46. The molecule has 0 fully saturated rings. The summed E-state index contributed by atoms with van der Waals surface area (Å²) < 4.78 is 5.16. The van der Waals surface area contributed by atoms with Gasteiger partial charge in [0.25, 0.3) is 0 Å². The van der Waals surface area contributed by atoms with Crippen molar-refractivity contribution in [1.82, 2.24) is 15.3 Å². The number of nitrogens with zero attached hydrogens (tertiary/aromatic N) is 2. The minimum atomic E-state index is -0.717.